The maximum Gasteiger partial charge on any atom is 0.237 e. The van der Waals surface area contributed by atoms with Crippen LogP contribution in [0.5, 0.6) is 0 Å². The van der Waals surface area contributed by atoms with Gasteiger partial charge in [-0.2, -0.15) is 0 Å². The molecule has 0 saturated carbocycles. The molecule has 5 nitrogen and oxygen atoms in total. The van der Waals surface area contributed by atoms with Crippen LogP contribution in [0.3, 0.4) is 0 Å². The zero-order valence-electron chi connectivity index (χ0n) is 11.2. The molecule has 1 heterocycles. The summed E-state index contributed by atoms with van der Waals surface area (Å²) in [6.45, 7) is 3.87. The summed E-state index contributed by atoms with van der Waals surface area (Å²) in [7, 11) is 0. The van der Waals surface area contributed by atoms with Gasteiger partial charge in [0, 0.05) is 25.3 Å². The van der Waals surface area contributed by atoms with E-state index in [4.69, 9.17) is 5.73 Å². The van der Waals surface area contributed by atoms with Crippen LogP contribution in [0, 0.1) is 0 Å². The van der Waals surface area contributed by atoms with Crippen molar-refractivity contribution in [3.05, 3.63) is 29.8 Å². The number of nitrogens with two attached hydrogens (primary N) is 1. The summed E-state index contributed by atoms with van der Waals surface area (Å²) < 4.78 is 0. The molecule has 2 unspecified atom stereocenters. The number of β-amino-alcohol motifs (C(OH)–C–C–N with tert-alkyl or cyclic N) is 1. The first-order valence-electron chi connectivity index (χ1n) is 6.67. The van der Waals surface area contributed by atoms with E-state index in [2.05, 4.69) is 5.32 Å². The Hall–Kier alpha value is -1.59. The molecule has 1 aliphatic heterocycles. The van der Waals surface area contributed by atoms with E-state index in [9.17, 15) is 9.90 Å². The number of hydrogen-bond donors (Lipinski definition) is 3. The fraction of sp³-hybridized carbons (Fsp3) is 0.500. The number of piperazine rings is 1. The molecule has 0 aromatic heterocycles. The maximum atomic E-state index is 11.7. The summed E-state index contributed by atoms with van der Waals surface area (Å²) in [5.74, 6) is 0.0539. The van der Waals surface area contributed by atoms with E-state index in [1.54, 1.807) is 12.1 Å². The molecule has 1 amide bonds. The highest BCUT2D eigenvalue weighted by Crippen LogP contribution is 2.18. The lowest BCUT2D eigenvalue weighted by molar-refractivity contribution is -0.129. The van der Waals surface area contributed by atoms with Gasteiger partial charge in [0.1, 0.15) is 0 Å². The smallest absolute Gasteiger partial charge is 0.237 e. The largest absolute Gasteiger partial charge is 0.399 e. The quantitative estimate of drug-likeness (QED) is 0.692. The second-order valence-corrected chi connectivity index (χ2v) is 4.89. The zero-order valence-corrected chi connectivity index (χ0v) is 11.2. The molecule has 2 atom stereocenters. The summed E-state index contributed by atoms with van der Waals surface area (Å²) in [4.78, 5) is 13.8. The first kappa shape index (κ1) is 13.8. The van der Waals surface area contributed by atoms with E-state index in [-0.39, 0.29) is 11.9 Å². The number of nitrogen functional groups attached to an aromatic ring is 1. The van der Waals surface area contributed by atoms with Gasteiger partial charge in [0.25, 0.3) is 0 Å². The van der Waals surface area contributed by atoms with E-state index in [1.165, 1.54) is 0 Å². The molecule has 1 saturated heterocycles. The predicted molar refractivity (Wildman–Crippen MR) is 74.5 cm³/mol. The number of carbonyl (C=O) groups excluding carboxylic acids is 1. The summed E-state index contributed by atoms with van der Waals surface area (Å²) in [5, 5.41) is 13.1. The van der Waals surface area contributed by atoms with E-state index in [1.807, 2.05) is 24.0 Å². The van der Waals surface area contributed by atoms with Crippen molar-refractivity contribution in [1.82, 2.24) is 10.2 Å². The molecule has 0 bridgehead atoms. The minimum Gasteiger partial charge on any atom is -0.399 e. The Labute approximate surface area is 113 Å². The normalized spacial score (nSPS) is 22.0. The number of aliphatic hydroxyl groups is 1. The number of aliphatic hydroxyl groups excluding tert-OH is 1. The van der Waals surface area contributed by atoms with Crippen LogP contribution in [-0.4, -0.2) is 41.6 Å². The lowest BCUT2D eigenvalue weighted by Gasteiger charge is -2.35. The fourth-order valence-electron chi connectivity index (χ4n) is 2.47. The van der Waals surface area contributed by atoms with Crippen LogP contribution in [0.4, 0.5) is 5.69 Å². The van der Waals surface area contributed by atoms with Gasteiger partial charge in [-0.1, -0.05) is 19.1 Å². The Kier molecular flexibility index (Phi) is 4.39. The lowest BCUT2D eigenvalue weighted by Crippen LogP contribution is -2.55. The van der Waals surface area contributed by atoms with Crippen molar-refractivity contribution < 1.29 is 9.90 Å². The van der Waals surface area contributed by atoms with Gasteiger partial charge in [0.15, 0.2) is 0 Å². The molecular formula is C14H21N3O2. The molecule has 1 fully saturated rings. The van der Waals surface area contributed by atoms with Gasteiger partial charge in [0.05, 0.1) is 12.1 Å². The molecule has 4 N–H and O–H groups in total. The van der Waals surface area contributed by atoms with E-state index in [0.717, 1.165) is 18.5 Å². The van der Waals surface area contributed by atoms with Crippen molar-refractivity contribution >= 4 is 11.6 Å². The van der Waals surface area contributed by atoms with Gasteiger partial charge in [0.2, 0.25) is 5.91 Å². The predicted octanol–water partition coefficient (Wildman–Crippen LogP) is 0.513. The molecule has 0 spiro atoms. The Balaban J connectivity index is 2.02. The van der Waals surface area contributed by atoms with E-state index >= 15 is 0 Å². The Morgan fingerprint density at radius 3 is 2.79 bits per heavy atom. The van der Waals surface area contributed by atoms with Gasteiger partial charge in [-0.25, -0.2) is 0 Å². The van der Waals surface area contributed by atoms with Gasteiger partial charge in [-0.15, -0.1) is 0 Å². The molecule has 1 aromatic rings. The Bertz CT molecular complexity index is 433. The van der Waals surface area contributed by atoms with Crippen LogP contribution in [0.2, 0.25) is 0 Å². The number of benzene rings is 1. The molecule has 1 aliphatic rings. The highest BCUT2D eigenvalue weighted by atomic mass is 16.3. The standard InChI is InChI=1S/C14H21N3O2/c1-2-12-14(19)16-7-8-17(12)9-13(18)10-3-5-11(15)6-4-10/h3-6,12-13,18H,2,7-9,15H2,1H3,(H,16,19). The average Bonchev–Trinajstić information content (AvgIpc) is 2.39. The van der Waals surface area contributed by atoms with Crippen molar-refractivity contribution in [3.63, 3.8) is 0 Å². The van der Waals surface area contributed by atoms with Gasteiger partial charge < -0.3 is 16.2 Å². The van der Waals surface area contributed by atoms with Crippen LogP contribution in [0.15, 0.2) is 24.3 Å². The third kappa shape index (κ3) is 3.24. The van der Waals surface area contributed by atoms with Crippen molar-refractivity contribution in [2.24, 2.45) is 0 Å². The highest BCUT2D eigenvalue weighted by Gasteiger charge is 2.29. The summed E-state index contributed by atoms with van der Waals surface area (Å²) >= 11 is 0. The first-order valence-corrected chi connectivity index (χ1v) is 6.67. The van der Waals surface area contributed by atoms with Crippen molar-refractivity contribution in [3.8, 4) is 0 Å². The number of anilines is 1. The second-order valence-electron chi connectivity index (χ2n) is 4.89. The lowest BCUT2D eigenvalue weighted by atomic mass is 10.1. The fourth-order valence-corrected chi connectivity index (χ4v) is 2.47. The third-order valence-corrected chi connectivity index (χ3v) is 3.56. The van der Waals surface area contributed by atoms with Crippen molar-refractivity contribution in [1.29, 1.82) is 0 Å². The van der Waals surface area contributed by atoms with Crippen LogP contribution in [0.1, 0.15) is 25.0 Å². The second kappa shape index (κ2) is 6.04. The monoisotopic (exact) mass is 263 g/mol. The zero-order chi connectivity index (χ0) is 13.8. The SMILES string of the molecule is CCC1C(=O)NCCN1CC(O)c1ccc(N)cc1. The average molecular weight is 263 g/mol. The van der Waals surface area contributed by atoms with Gasteiger partial charge >= 0.3 is 0 Å². The van der Waals surface area contributed by atoms with Crippen LogP contribution in [0.25, 0.3) is 0 Å². The molecule has 2 rings (SSSR count). The molecule has 104 valence electrons. The number of nitrogens with zero attached hydrogens (tertiary/aromatic N) is 1. The first-order chi connectivity index (χ1) is 9.11. The van der Waals surface area contributed by atoms with Gasteiger partial charge in [-0.3, -0.25) is 9.69 Å². The summed E-state index contributed by atoms with van der Waals surface area (Å²) in [6.07, 6.45) is 0.154. The number of nitrogens with one attached hydrogen (secondary N) is 1. The maximum absolute atomic E-state index is 11.7. The molecule has 19 heavy (non-hydrogen) atoms. The third-order valence-electron chi connectivity index (χ3n) is 3.56. The van der Waals surface area contributed by atoms with E-state index in [0.29, 0.717) is 18.8 Å². The van der Waals surface area contributed by atoms with Crippen LogP contribution < -0.4 is 11.1 Å². The number of carbonyl (C=O) groups is 1. The molecular weight excluding hydrogens is 242 g/mol. The van der Waals surface area contributed by atoms with Crippen molar-refractivity contribution in [2.75, 3.05) is 25.4 Å². The molecule has 0 radical (unpaired) electrons. The number of hydrogen-bond acceptors (Lipinski definition) is 4. The Morgan fingerprint density at radius 1 is 1.47 bits per heavy atom. The summed E-state index contributed by atoms with van der Waals surface area (Å²) in [5.41, 5.74) is 7.14. The highest BCUT2D eigenvalue weighted by molar-refractivity contribution is 5.82. The minimum absolute atomic E-state index is 0.0539. The topological polar surface area (TPSA) is 78.6 Å². The molecule has 5 heteroatoms. The van der Waals surface area contributed by atoms with Crippen LogP contribution >= 0.6 is 0 Å². The van der Waals surface area contributed by atoms with Gasteiger partial charge in [-0.05, 0) is 24.1 Å². The molecule has 1 aromatic carbocycles. The van der Waals surface area contributed by atoms with Crippen LogP contribution in [-0.2, 0) is 4.79 Å². The Morgan fingerprint density at radius 2 is 2.16 bits per heavy atom. The number of amides is 1. The van der Waals surface area contributed by atoms with Crippen molar-refractivity contribution in [2.45, 2.75) is 25.5 Å². The molecule has 0 aliphatic carbocycles. The minimum atomic E-state index is -0.597. The van der Waals surface area contributed by atoms with E-state index < -0.39 is 6.10 Å². The number of rotatable bonds is 4. The summed E-state index contributed by atoms with van der Waals surface area (Å²) in [6, 6.07) is 7.06.